The molecule has 0 N–H and O–H groups in total. The summed E-state index contributed by atoms with van der Waals surface area (Å²) in [6.07, 6.45) is 1.18. The maximum Gasteiger partial charge on any atom is 0.176 e. The van der Waals surface area contributed by atoms with Gasteiger partial charge in [-0.2, -0.15) is 0 Å². The largest absolute Gasteiger partial charge is 0.300 e. The number of carbonyl (C=O) groups excluding carboxylic acids is 1. The fourth-order valence-corrected chi connectivity index (χ4v) is 3.20. The first-order chi connectivity index (χ1) is 10.0. The molecule has 21 heavy (non-hydrogen) atoms. The van der Waals surface area contributed by atoms with Crippen molar-refractivity contribution in [1.82, 2.24) is 9.80 Å². The molecule has 1 unspecified atom stereocenters. The summed E-state index contributed by atoms with van der Waals surface area (Å²) < 4.78 is 0. The van der Waals surface area contributed by atoms with Crippen molar-refractivity contribution in [3.8, 4) is 0 Å². The van der Waals surface area contributed by atoms with Gasteiger partial charge in [0.2, 0.25) is 0 Å². The summed E-state index contributed by atoms with van der Waals surface area (Å²) in [7, 11) is 0. The highest BCUT2D eigenvalue weighted by Crippen LogP contribution is 2.17. The van der Waals surface area contributed by atoms with Crippen LogP contribution in [0, 0.1) is 13.8 Å². The Bertz CT molecular complexity index is 494. The van der Waals surface area contributed by atoms with Gasteiger partial charge in [-0.3, -0.25) is 14.6 Å². The highest BCUT2D eigenvalue weighted by molar-refractivity contribution is 5.97. The standard InChI is InChI=1S/C18H28N2O/c1-5-20(6-2)17-9-10-19(12-17)13-18(21)16-8-7-14(3)15(4)11-16/h7-8,11,17H,5-6,9-10,12-13H2,1-4H3. The first kappa shape index (κ1) is 16.2. The lowest BCUT2D eigenvalue weighted by molar-refractivity contribution is 0.0939. The highest BCUT2D eigenvalue weighted by Gasteiger charge is 2.27. The summed E-state index contributed by atoms with van der Waals surface area (Å²) in [5, 5.41) is 0. The van der Waals surface area contributed by atoms with Gasteiger partial charge in [-0.05, 0) is 50.6 Å². The Balaban J connectivity index is 1.93. The summed E-state index contributed by atoms with van der Waals surface area (Å²) in [6, 6.07) is 6.65. The van der Waals surface area contributed by atoms with Gasteiger partial charge in [0.1, 0.15) is 0 Å². The average molecular weight is 288 g/mol. The zero-order chi connectivity index (χ0) is 15.4. The third-order valence-electron chi connectivity index (χ3n) is 4.77. The van der Waals surface area contributed by atoms with Crippen LogP contribution >= 0.6 is 0 Å². The topological polar surface area (TPSA) is 23.6 Å². The number of hydrogen-bond donors (Lipinski definition) is 0. The van der Waals surface area contributed by atoms with Crippen molar-refractivity contribution in [3.63, 3.8) is 0 Å². The van der Waals surface area contributed by atoms with Gasteiger partial charge in [-0.15, -0.1) is 0 Å². The molecule has 1 aliphatic rings. The molecule has 0 aliphatic carbocycles. The molecule has 116 valence electrons. The van der Waals surface area contributed by atoms with E-state index >= 15 is 0 Å². The smallest absolute Gasteiger partial charge is 0.176 e. The highest BCUT2D eigenvalue weighted by atomic mass is 16.1. The molecule has 0 radical (unpaired) electrons. The molecule has 0 bridgehead atoms. The Hall–Kier alpha value is -1.19. The van der Waals surface area contributed by atoms with E-state index in [9.17, 15) is 4.79 Å². The van der Waals surface area contributed by atoms with Crippen molar-refractivity contribution in [2.45, 2.75) is 40.2 Å². The van der Waals surface area contributed by atoms with E-state index in [1.54, 1.807) is 0 Å². The Kier molecular flexibility index (Phi) is 5.54. The molecule has 0 aromatic heterocycles. The molecule has 1 aromatic rings. The van der Waals surface area contributed by atoms with E-state index in [0.717, 1.165) is 31.7 Å². The summed E-state index contributed by atoms with van der Waals surface area (Å²) in [5.41, 5.74) is 3.29. The molecule has 3 heteroatoms. The van der Waals surface area contributed by atoms with Crippen LogP contribution in [0.3, 0.4) is 0 Å². The van der Waals surface area contributed by atoms with E-state index in [2.05, 4.69) is 37.5 Å². The number of benzene rings is 1. The molecular weight excluding hydrogens is 260 g/mol. The van der Waals surface area contributed by atoms with Gasteiger partial charge >= 0.3 is 0 Å². The number of nitrogens with zero attached hydrogens (tertiary/aromatic N) is 2. The van der Waals surface area contributed by atoms with Crippen LogP contribution in [0.25, 0.3) is 0 Å². The maximum atomic E-state index is 12.4. The normalized spacial score (nSPS) is 19.4. The van der Waals surface area contributed by atoms with Crippen LogP contribution in [0.4, 0.5) is 0 Å². The summed E-state index contributed by atoms with van der Waals surface area (Å²) in [4.78, 5) is 17.2. The Morgan fingerprint density at radius 3 is 2.57 bits per heavy atom. The minimum absolute atomic E-state index is 0.248. The van der Waals surface area contributed by atoms with Gasteiger partial charge in [-0.1, -0.05) is 26.0 Å². The van der Waals surface area contributed by atoms with Gasteiger partial charge in [0.05, 0.1) is 6.54 Å². The maximum absolute atomic E-state index is 12.4. The van der Waals surface area contributed by atoms with E-state index in [1.807, 2.05) is 18.2 Å². The molecule has 1 atom stereocenters. The van der Waals surface area contributed by atoms with Crippen molar-refractivity contribution in [2.75, 3.05) is 32.7 Å². The number of aryl methyl sites for hydroxylation is 2. The Labute approximate surface area is 128 Å². The molecular formula is C18H28N2O. The molecule has 2 rings (SSSR count). The molecule has 0 saturated carbocycles. The number of hydrogen-bond acceptors (Lipinski definition) is 3. The zero-order valence-electron chi connectivity index (χ0n) is 13.9. The van der Waals surface area contributed by atoms with Gasteiger partial charge in [0, 0.05) is 24.7 Å². The van der Waals surface area contributed by atoms with Crippen molar-refractivity contribution in [1.29, 1.82) is 0 Å². The number of likely N-dealkylation sites (N-methyl/N-ethyl adjacent to an activating group) is 1. The second-order valence-corrected chi connectivity index (χ2v) is 6.12. The van der Waals surface area contributed by atoms with Crippen molar-refractivity contribution in [2.24, 2.45) is 0 Å². The SMILES string of the molecule is CCN(CC)C1CCN(CC(=O)c2ccc(C)c(C)c2)C1. The van der Waals surface area contributed by atoms with Crippen LogP contribution in [-0.2, 0) is 0 Å². The van der Waals surface area contributed by atoms with E-state index in [4.69, 9.17) is 0 Å². The third-order valence-corrected chi connectivity index (χ3v) is 4.77. The number of likely N-dealkylation sites (tertiary alicyclic amines) is 1. The Morgan fingerprint density at radius 2 is 1.95 bits per heavy atom. The summed E-state index contributed by atoms with van der Waals surface area (Å²) in [5.74, 6) is 0.248. The molecule has 1 fully saturated rings. The van der Waals surface area contributed by atoms with E-state index < -0.39 is 0 Å². The Morgan fingerprint density at radius 1 is 1.24 bits per heavy atom. The first-order valence-electron chi connectivity index (χ1n) is 8.12. The monoisotopic (exact) mass is 288 g/mol. The lowest BCUT2D eigenvalue weighted by atomic mass is 10.0. The minimum Gasteiger partial charge on any atom is -0.300 e. The second-order valence-electron chi connectivity index (χ2n) is 6.12. The molecule has 1 heterocycles. The quantitative estimate of drug-likeness (QED) is 0.752. The van der Waals surface area contributed by atoms with Crippen LogP contribution < -0.4 is 0 Å². The third kappa shape index (κ3) is 3.92. The van der Waals surface area contributed by atoms with Crippen molar-refractivity contribution >= 4 is 5.78 Å². The van der Waals surface area contributed by atoms with Crippen LogP contribution in [-0.4, -0.2) is 54.3 Å². The predicted octanol–water partition coefficient (Wildman–Crippen LogP) is 2.90. The van der Waals surface area contributed by atoms with E-state index in [-0.39, 0.29) is 5.78 Å². The number of Topliss-reactive ketones (excluding diaryl/α,β-unsaturated/α-hetero) is 1. The van der Waals surface area contributed by atoms with E-state index in [1.165, 1.54) is 17.5 Å². The number of carbonyl (C=O) groups is 1. The second kappa shape index (κ2) is 7.19. The minimum atomic E-state index is 0.248. The van der Waals surface area contributed by atoms with E-state index in [0.29, 0.717) is 12.6 Å². The lowest BCUT2D eigenvalue weighted by Crippen LogP contribution is -2.38. The van der Waals surface area contributed by atoms with Gasteiger partial charge in [0.15, 0.2) is 5.78 Å². The lowest BCUT2D eigenvalue weighted by Gasteiger charge is -2.26. The average Bonchev–Trinajstić information content (AvgIpc) is 2.91. The molecule has 0 amide bonds. The zero-order valence-corrected chi connectivity index (χ0v) is 13.9. The van der Waals surface area contributed by atoms with Crippen LogP contribution in [0.15, 0.2) is 18.2 Å². The van der Waals surface area contributed by atoms with Crippen molar-refractivity contribution < 1.29 is 4.79 Å². The number of rotatable bonds is 6. The van der Waals surface area contributed by atoms with Crippen LogP contribution in [0.5, 0.6) is 0 Å². The summed E-state index contributed by atoms with van der Waals surface area (Å²) >= 11 is 0. The first-order valence-corrected chi connectivity index (χ1v) is 8.12. The molecule has 1 saturated heterocycles. The molecule has 1 aliphatic heterocycles. The van der Waals surface area contributed by atoms with Gasteiger partial charge in [0.25, 0.3) is 0 Å². The fraction of sp³-hybridized carbons (Fsp3) is 0.611. The number of ketones is 1. The fourth-order valence-electron chi connectivity index (χ4n) is 3.20. The molecule has 0 spiro atoms. The predicted molar refractivity (Wildman–Crippen MR) is 88.0 cm³/mol. The summed E-state index contributed by atoms with van der Waals surface area (Å²) in [6.45, 7) is 13.4. The van der Waals surface area contributed by atoms with Gasteiger partial charge in [-0.25, -0.2) is 0 Å². The molecule has 3 nitrogen and oxygen atoms in total. The van der Waals surface area contributed by atoms with Crippen molar-refractivity contribution in [3.05, 3.63) is 34.9 Å². The van der Waals surface area contributed by atoms with Crippen LogP contribution in [0.1, 0.15) is 41.8 Å². The van der Waals surface area contributed by atoms with Gasteiger partial charge < -0.3 is 0 Å². The van der Waals surface area contributed by atoms with Crippen LogP contribution in [0.2, 0.25) is 0 Å². The molecule has 1 aromatic carbocycles.